The Morgan fingerprint density at radius 2 is 2.29 bits per heavy atom. The fourth-order valence-electron chi connectivity index (χ4n) is 0.885. The second-order valence-electron chi connectivity index (χ2n) is 2.56. The maximum absolute atomic E-state index is 11.7. The molecule has 2 N–H and O–H groups in total. The van der Waals surface area contributed by atoms with Crippen molar-refractivity contribution in [1.82, 2.24) is 0 Å². The first kappa shape index (κ1) is 10.8. The van der Waals surface area contributed by atoms with Gasteiger partial charge in [0.25, 0.3) is 0 Å². The molecule has 1 aromatic carbocycles. The molecule has 14 heavy (non-hydrogen) atoms. The zero-order valence-electron chi connectivity index (χ0n) is 7.30. The first-order valence-electron chi connectivity index (χ1n) is 3.93. The molecule has 5 heteroatoms. The van der Waals surface area contributed by atoms with Crippen molar-refractivity contribution >= 4 is 23.3 Å². The van der Waals surface area contributed by atoms with E-state index in [0.29, 0.717) is 10.7 Å². The molecule has 0 saturated heterocycles. The smallest absolute Gasteiger partial charge is 0.338 e. The molecule has 0 saturated carbocycles. The van der Waals surface area contributed by atoms with Crippen LogP contribution in [0.25, 0.3) is 0 Å². The van der Waals surface area contributed by atoms with Crippen LogP contribution < -0.4 is 5.73 Å². The molecule has 0 aliphatic carbocycles. The van der Waals surface area contributed by atoms with Gasteiger partial charge in [-0.15, -0.1) is 0 Å². The molecule has 0 aromatic heterocycles. The molecule has 1 rings (SSSR count). The topological polar surface area (TPSA) is 52.3 Å². The quantitative estimate of drug-likeness (QED) is 0.623. The molecule has 0 heterocycles. The van der Waals surface area contributed by atoms with Gasteiger partial charge in [0.15, 0.2) is 0 Å². The van der Waals surface area contributed by atoms with E-state index in [1.807, 2.05) is 0 Å². The van der Waals surface area contributed by atoms with Gasteiger partial charge in [0.05, 0.1) is 16.3 Å². The third kappa shape index (κ3) is 2.60. The number of nitrogens with two attached hydrogens (primary N) is 1. The molecule has 0 aliphatic rings. The maximum Gasteiger partial charge on any atom is 0.338 e. The fourth-order valence-corrected chi connectivity index (χ4v) is 1.00. The highest BCUT2D eigenvalue weighted by atomic mass is 35.5. The molecule has 0 radical (unpaired) electrons. The SMILES string of the molecule is Nc1cc(C(=O)OCCF)ccc1Cl. The standard InChI is InChI=1S/C9H9ClFNO2/c10-7-2-1-6(5-8(7)12)9(13)14-4-3-11/h1-2,5H,3-4,12H2. The van der Waals surface area contributed by atoms with Crippen molar-refractivity contribution in [3.05, 3.63) is 28.8 Å². The third-order valence-corrected chi connectivity index (χ3v) is 1.89. The number of carbonyl (C=O) groups is 1. The van der Waals surface area contributed by atoms with Gasteiger partial charge in [0.2, 0.25) is 0 Å². The zero-order chi connectivity index (χ0) is 10.6. The van der Waals surface area contributed by atoms with Crippen LogP contribution in [0.5, 0.6) is 0 Å². The van der Waals surface area contributed by atoms with Crippen LogP contribution >= 0.6 is 11.6 Å². The molecule has 76 valence electrons. The Bertz CT molecular complexity index is 344. The summed E-state index contributed by atoms with van der Waals surface area (Å²) in [6, 6.07) is 4.35. The van der Waals surface area contributed by atoms with Crippen molar-refractivity contribution in [3.63, 3.8) is 0 Å². The van der Waals surface area contributed by atoms with E-state index < -0.39 is 12.6 Å². The average molecular weight is 218 g/mol. The Balaban J connectivity index is 2.76. The van der Waals surface area contributed by atoms with Gasteiger partial charge in [-0.05, 0) is 18.2 Å². The lowest BCUT2D eigenvalue weighted by Gasteiger charge is -2.03. The Kier molecular flexibility index (Phi) is 3.71. The van der Waals surface area contributed by atoms with Crippen molar-refractivity contribution in [2.45, 2.75) is 0 Å². The largest absolute Gasteiger partial charge is 0.459 e. The number of ether oxygens (including phenoxy) is 1. The number of hydrogen-bond acceptors (Lipinski definition) is 3. The number of rotatable bonds is 3. The zero-order valence-corrected chi connectivity index (χ0v) is 8.05. The van der Waals surface area contributed by atoms with Crippen LogP contribution in [0.3, 0.4) is 0 Å². The molecule has 0 amide bonds. The van der Waals surface area contributed by atoms with Gasteiger partial charge in [-0.3, -0.25) is 0 Å². The van der Waals surface area contributed by atoms with E-state index in [-0.39, 0.29) is 12.2 Å². The summed E-state index contributed by atoms with van der Waals surface area (Å²) >= 11 is 5.65. The molecular weight excluding hydrogens is 209 g/mol. The lowest BCUT2D eigenvalue weighted by atomic mass is 10.2. The highest BCUT2D eigenvalue weighted by Gasteiger charge is 2.08. The van der Waals surface area contributed by atoms with Crippen LogP contribution in [-0.4, -0.2) is 19.3 Å². The van der Waals surface area contributed by atoms with Gasteiger partial charge < -0.3 is 10.5 Å². The first-order valence-corrected chi connectivity index (χ1v) is 4.31. The van der Waals surface area contributed by atoms with E-state index in [1.165, 1.54) is 18.2 Å². The number of halogens is 2. The molecule has 0 bridgehead atoms. The number of alkyl halides is 1. The Labute approximate surface area is 85.6 Å². The van der Waals surface area contributed by atoms with E-state index in [4.69, 9.17) is 17.3 Å². The Hall–Kier alpha value is -1.29. The number of carbonyl (C=O) groups excluding carboxylic acids is 1. The van der Waals surface area contributed by atoms with E-state index in [0.717, 1.165) is 0 Å². The summed E-state index contributed by atoms with van der Waals surface area (Å²) < 4.78 is 16.2. The van der Waals surface area contributed by atoms with Gasteiger partial charge in [0.1, 0.15) is 13.3 Å². The van der Waals surface area contributed by atoms with Crippen molar-refractivity contribution in [3.8, 4) is 0 Å². The minimum Gasteiger partial charge on any atom is -0.459 e. The number of benzene rings is 1. The molecule has 1 aromatic rings. The van der Waals surface area contributed by atoms with E-state index in [9.17, 15) is 9.18 Å². The fraction of sp³-hybridized carbons (Fsp3) is 0.222. The van der Waals surface area contributed by atoms with Gasteiger partial charge in [-0.25, -0.2) is 9.18 Å². The maximum atomic E-state index is 11.7. The van der Waals surface area contributed by atoms with Crippen molar-refractivity contribution in [2.75, 3.05) is 19.0 Å². The second kappa shape index (κ2) is 4.81. The van der Waals surface area contributed by atoms with E-state index >= 15 is 0 Å². The first-order chi connectivity index (χ1) is 6.65. The average Bonchev–Trinajstić information content (AvgIpc) is 2.18. The summed E-state index contributed by atoms with van der Waals surface area (Å²) in [5, 5.41) is 0.368. The number of esters is 1. The van der Waals surface area contributed by atoms with Gasteiger partial charge in [0, 0.05) is 0 Å². The summed E-state index contributed by atoms with van der Waals surface area (Å²) in [6.07, 6.45) is 0. The van der Waals surface area contributed by atoms with Crippen molar-refractivity contribution < 1.29 is 13.9 Å². The normalized spacial score (nSPS) is 9.86. The third-order valence-electron chi connectivity index (χ3n) is 1.54. The van der Waals surface area contributed by atoms with Crippen LogP contribution in [0.15, 0.2) is 18.2 Å². The monoisotopic (exact) mass is 217 g/mol. The predicted octanol–water partition coefficient (Wildman–Crippen LogP) is 2.05. The number of nitrogen functional groups attached to an aromatic ring is 1. The summed E-state index contributed by atoms with van der Waals surface area (Å²) in [6.45, 7) is -0.948. The van der Waals surface area contributed by atoms with Crippen LogP contribution in [0.1, 0.15) is 10.4 Å². The van der Waals surface area contributed by atoms with E-state index in [2.05, 4.69) is 4.74 Å². The molecular formula is C9H9ClFNO2. The molecule has 3 nitrogen and oxygen atoms in total. The van der Waals surface area contributed by atoms with Crippen LogP contribution in [0, 0.1) is 0 Å². The lowest BCUT2D eigenvalue weighted by molar-refractivity contribution is 0.0481. The Morgan fingerprint density at radius 1 is 1.57 bits per heavy atom. The van der Waals surface area contributed by atoms with Crippen LogP contribution in [-0.2, 0) is 4.74 Å². The van der Waals surface area contributed by atoms with E-state index in [1.54, 1.807) is 0 Å². The second-order valence-corrected chi connectivity index (χ2v) is 2.97. The number of hydrogen-bond donors (Lipinski definition) is 1. The summed E-state index contributed by atoms with van der Waals surface area (Å²) in [7, 11) is 0. The highest BCUT2D eigenvalue weighted by Crippen LogP contribution is 2.19. The van der Waals surface area contributed by atoms with Crippen LogP contribution in [0.4, 0.5) is 10.1 Å². The molecule has 0 aliphatic heterocycles. The Morgan fingerprint density at radius 3 is 2.86 bits per heavy atom. The van der Waals surface area contributed by atoms with Crippen molar-refractivity contribution in [2.24, 2.45) is 0 Å². The molecule has 0 unspecified atom stereocenters. The summed E-state index contributed by atoms with van der Waals surface area (Å²) in [4.78, 5) is 11.2. The predicted molar refractivity (Wildman–Crippen MR) is 52.1 cm³/mol. The molecule has 0 fully saturated rings. The lowest BCUT2D eigenvalue weighted by Crippen LogP contribution is -2.07. The summed E-state index contributed by atoms with van der Waals surface area (Å²) in [5.74, 6) is -0.606. The molecule has 0 atom stereocenters. The highest BCUT2D eigenvalue weighted by molar-refractivity contribution is 6.33. The number of anilines is 1. The van der Waals surface area contributed by atoms with Gasteiger partial charge in [-0.1, -0.05) is 11.6 Å². The van der Waals surface area contributed by atoms with Gasteiger partial charge in [-0.2, -0.15) is 0 Å². The molecule has 0 spiro atoms. The van der Waals surface area contributed by atoms with Gasteiger partial charge >= 0.3 is 5.97 Å². The van der Waals surface area contributed by atoms with Crippen LogP contribution in [0.2, 0.25) is 5.02 Å². The van der Waals surface area contributed by atoms with Crippen molar-refractivity contribution in [1.29, 1.82) is 0 Å². The summed E-state index contributed by atoms with van der Waals surface area (Å²) in [5.41, 5.74) is 6.03. The minimum atomic E-state index is -0.700. The minimum absolute atomic E-state index is 0.249.